The van der Waals surface area contributed by atoms with Gasteiger partial charge in [0, 0.05) is 42.8 Å². The minimum atomic E-state index is 0.536. The molecule has 3 aromatic carbocycles. The molecule has 0 radical (unpaired) electrons. The van der Waals surface area contributed by atoms with Gasteiger partial charge < -0.3 is 10.2 Å². The number of rotatable bonds is 7. The van der Waals surface area contributed by atoms with Gasteiger partial charge in [-0.05, 0) is 52.8 Å². The molecule has 1 aliphatic heterocycles. The monoisotopic (exact) mass is 418 g/mol. The highest BCUT2D eigenvalue weighted by Gasteiger charge is 2.30. The van der Waals surface area contributed by atoms with Crippen LogP contribution in [-0.2, 0) is 6.54 Å². The van der Waals surface area contributed by atoms with Gasteiger partial charge in [-0.25, -0.2) is 0 Å². The number of hydrogen-bond donors (Lipinski definition) is 1. The molecule has 0 spiro atoms. The van der Waals surface area contributed by atoms with Gasteiger partial charge in [-0.3, -0.25) is 0 Å². The molecule has 1 aliphatic rings. The van der Waals surface area contributed by atoms with Crippen LogP contribution in [0.4, 0.5) is 5.69 Å². The van der Waals surface area contributed by atoms with Crippen molar-refractivity contribution in [3.63, 3.8) is 0 Å². The van der Waals surface area contributed by atoms with Crippen LogP contribution in [0.5, 0.6) is 0 Å². The van der Waals surface area contributed by atoms with Crippen LogP contribution < -0.4 is 10.2 Å². The fourth-order valence-electron chi connectivity index (χ4n) is 4.46. The van der Waals surface area contributed by atoms with Crippen molar-refractivity contribution in [1.82, 2.24) is 5.32 Å². The Morgan fingerprint density at radius 3 is 2.43 bits per heavy atom. The van der Waals surface area contributed by atoms with Crippen LogP contribution in [0.25, 0.3) is 0 Å². The third kappa shape index (κ3) is 5.06. The molecule has 2 atom stereocenters. The van der Waals surface area contributed by atoms with Gasteiger partial charge in [-0.2, -0.15) is 0 Å². The van der Waals surface area contributed by atoms with E-state index in [0.717, 1.165) is 31.2 Å². The van der Waals surface area contributed by atoms with Gasteiger partial charge in [-0.15, -0.1) is 0 Å². The van der Waals surface area contributed by atoms with Crippen molar-refractivity contribution in [3.8, 4) is 0 Å². The normalized spacial score (nSPS) is 18.7. The Balaban J connectivity index is 1.58. The Kier molecular flexibility index (Phi) is 6.76. The van der Waals surface area contributed by atoms with E-state index in [1.165, 1.54) is 22.4 Å². The molecule has 2 unspecified atom stereocenters. The first kappa shape index (κ1) is 21.0. The molecular formula is C27H31ClN2. The molecule has 1 saturated heterocycles. The van der Waals surface area contributed by atoms with Gasteiger partial charge in [0.25, 0.3) is 0 Å². The molecule has 4 rings (SSSR count). The highest BCUT2D eigenvalue weighted by atomic mass is 35.5. The first-order valence-corrected chi connectivity index (χ1v) is 11.3. The second kappa shape index (κ2) is 9.68. The summed E-state index contributed by atoms with van der Waals surface area (Å²) in [4.78, 5) is 2.50. The molecule has 0 bridgehead atoms. The quantitative estimate of drug-likeness (QED) is 0.472. The number of benzene rings is 3. The van der Waals surface area contributed by atoms with E-state index < -0.39 is 0 Å². The van der Waals surface area contributed by atoms with Crippen molar-refractivity contribution in [2.45, 2.75) is 32.2 Å². The van der Waals surface area contributed by atoms with Crippen LogP contribution in [0.3, 0.4) is 0 Å². The van der Waals surface area contributed by atoms with Crippen LogP contribution in [0.2, 0.25) is 5.02 Å². The Morgan fingerprint density at radius 2 is 1.70 bits per heavy atom. The van der Waals surface area contributed by atoms with Gasteiger partial charge in [0.1, 0.15) is 0 Å². The van der Waals surface area contributed by atoms with Crippen molar-refractivity contribution in [2.75, 3.05) is 24.5 Å². The Hall–Kier alpha value is -2.29. The van der Waals surface area contributed by atoms with E-state index in [1.54, 1.807) is 0 Å². The minimum Gasteiger partial charge on any atom is -0.367 e. The van der Waals surface area contributed by atoms with Gasteiger partial charge in [0.05, 0.1) is 0 Å². The molecule has 0 aromatic heterocycles. The number of nitrogens with one attached hydrogen (secondary N) is 1. The van der Waals surface area contributed by atoms with Crippen LogP contribution >= 0.6 is 11.6 Å². The van der Waals surface area contributed by atoms with E-state index in [2.05, 4.69) is 90.8 Å². The zero-order valence-electron chi connectivity index (χ0n) is 17.9. The van der Waals surface area contributed by atoms with Crippen LogP contribution in [-0.4, -0.2) is 19.6 Å². The number of hydrogen-bond acceptors (Lipinski definition) is 2. The average Bonchev–Trinajstić information content (AvgIpc) is 3.23. The largest absolute Gasteiger partial charge is 0.367 e. The maximum absolute atomic E-state index is 6.16. The SMILES string of the molecule is CC(C)c1cccc(C2CNCC2CN(Cc2ccccc2)c2ccc(Cl)cc2)c1. The van der Waals surface area contributed by atoms with E-state index in [-0.39, 0.29) is 0 Å². The number of halogens is 1. The number of nitrogens with zero attached hydrogens (tertiary/aromatic N) is 1. The van der Waals surface area contributed by atoms with E-state index in [1.807, 2.05) is 12.1 Å². The molecule has 3 heteroatoms. The van der Waals surface area contributed by atoms with E-state index in [4.69, 9.17) is 11.6 Å². The molecule has 1 heterocycles. The molecule has 2 nitrogen and oxygen atoms in total. The summed E-state index contributed by atoms with van der Waals surface area (Å²) in [5, 5.41) is 4.43. The third-order valence-corrected chi connectivity index (χ3v) is 6.46. The molecule has 0 saturated carbocycles. The van der Waals surface area contributed by atoms with Crippen LogP contribution in [0.15, 0.2) is 78.9 Å². The highest BCUT2D eigenvalue weighted by molar-refractivity contribution is 6.30. The Bertz CT molecular complexity index is 937. The zero-order valence-corrected chi connectivity index (χ0v) is 18.6. The van der Waals surface area contributed by atoms with E-state index in [0.29, 0.717) is 17.8 Å². The molecule has 0 amide bonds. The lowest BCUT2D eigenvalue weighted by atomic mass is 9.86. The summed E-state index contributed by atoms with van der Waals surface area (Å²) < 4.78 is 0. The molecule has 0 aliphatic carbocycles. The molecule has 1 fully saturated rings. The molecule has 156 valence electrons. The Labute approximate surface area is 185 Å². The smallest absolute Gasteiger partial charge is 0.0429 e. The molecule has 1 N–H and O–H groups in total. The van der Waals surface area contributed by atoms with Crippen molar-refractivity contribution in [1.29, 1.82) is 0 Å². The predicted octanol–water partition coefficient (Wildman–Crippen LogP) is 6.47. The van der Waals surface area contributed by atoms with E-state index in [9.17, 15) is 0 Å². The van der Waals surface area contributed by atoms with Crippen molar-refractivity contribution in [2.24, 2.45) is 5.92 Å². The Morgan fingerprint density at radius 1 is 0.933 bits per heavy atom. The van der Waals surface area contributed by atoms with Crippen molar-refractivity contribution >= 4 is 17.3 Å². The topological polar surface area (TPSA) is 15.3 Å². The van der Waals surface area contributed by atoms with Gasteiger partial charge in [0.15, 0.2) is 0 Å². The fraction of sp³-hybridized carbons (Fsp3) is 0.333. The summed E-state index contributed by atoms with van der Waals surface area (Å²) >= 11 is 6.16. The van der Waals surface area contributed by atoms with Gasteiger partial charge in [0.2, 0.25) is 0 Å². The van der Waals surface area contributed by atoms with Gasteiger partial charge in [-0.1, -0.05) is 80.0 Å². The summed E-state index contributed by atoms with van der Waals surface area (Å²) in [5.41, 5.74) is 5.45. The van der Waals surface area contributed by atoms with E-state index >= 15 is 0 Å². The predicted molar refractivity (Wildman–Crippen MR) is 129 cm³/mol. The average molecular weight is 419 g/mol. The maximum atomic E-state index is 6.16. The summed E-state index contributed by atoms with van der Waals surface area (Å²) in [6.45, 7) is 8.55. The van der Waals surface area contributed by atoms with Crippen molar-refractivity contribution in [3.05, 3.63) is 101 Å². The van der Waals surface area contributed by atoms with Gasteiger partial charge >= 0.3 is 0 Å². The highest BCUT2D eigenvalue weighted by Crippen LogP contribution is 2.32. The standard InChI is InChI=1S/C27H31ClN2/c1-20(2)22-9-6-10-23(15-22)27-17-29-16-24(27)19-30(18-21-7-4-3-5-8-21)26-13-11-25(28)12-14-26/h3-15,20,24,27,29H,16-19H2,1-2H3. The van der Waals surface area contributed by atoms with Crippen molar-refractivity contribution < 1.29 is 0 Å². The zero-order chi connectivity index (χ0) is 20.9. The summed E-state index contributed by atoms with van der Waals surface area (Å²) in [7, 11) is 0. The second-order valence-electron chi connectivity index (χ2n) is 8.69. The number of anilines is 1. The lowest BCUT2D eigenvalue weighted by Gasteiger charge is -2.30. The van der Waals surface area contributed by atoms with Crippen LogP contribution in [0.1, 0.15) is 42.4 Å². The van der Waals surface area contributed by atoms with Crippen LogP contribution in [0, 0.1) is 5.92 Å². The molecule has 3 aromatic rings. The summed E-state index contributed by atoms with van der Waals surface area (Å²) in [6.07, 6.45) is 0. The lowest BCUT2D eigenvalue weighted by molar-refractivity contribution is 0.504. The summed E-state index contributed by atoms with van der Waals surface area (Å²) in [6, 6.07) is 28.2. The third-order valence-electron chi connectivity index (χ3n) is 6.21. The summed E-state index contributed by atoms with van der Waals surface area (Å²) in [5.74, 6) is 1.66. The second-order valence-corrected chi connectivity index (χ2v) is 9.13. The molecular weight excluding hydrogens is 388 g/mol. The minimum absolute atomic E-state index is 0.536. The molecule has 30 heavy (non-hydrogen) atoms. The first-order chi connectivity index (χ1) is 14.6. The maximum Gasteiger partial charge on any atom is 0.0429 e. The fourth-order valence-corrected chi connectivity index (χ4v) is 4.59. The lowest BCUT2D eigenvalue weighted by Crippen LogP contribution is -2.32. The first-order valence-electron chi connectivity index (χ1n) is 10.9.